The maximum absolute atomic E-state index is 14.6. The Hall–Kier alpha value is -4.70. The first-order valence-electron chi connectivity index (χ1n) is 15.1. The van der Waals surface area contributed by atoms with E-state index in [2.05, 4.69) is 5.32 Å². The molecule has 0 aliphatic carbocycles. The van der Waals surface area contributed by atoms with Crippen molar-refractivity contribution in [2.75, 3.05) is 24.5 Å². The highest BCUT2D eigenvalue weighted by Gasteiger charge is 2.35. The van der Waals surface area contributed by atoms with Crippen LogP contribution in [0.2, 0.25) is 0 Å². The van der Waals surface area contributed by atoms with Crippen LogP contribution in [0.5, 0.6) is 5.75 Å². The van der Waals surface area contributed by atoms with Crippen LogP contribution >= 0.6 is 0 Å². The molecule has 0 saturated carbocycles. The summed E-state index contributed by atoms with van der Waals surface area (Å²) in [6.45, 7) is 5.45. The van der Waals surface area contributed by atoms with Gasteiger partial charge in [-0.3, -0.25) is 13.9 Å². The number of ether oxygens (including phenoxy) is 1. The van der Waals surface area contributed by atoms with Crippen LogP contribution in [0.15, 0.2) is 108 Å². The molecular formula is C36H40FN3O5S. The Morgan fingerprint density at radius 1 is 0.870 bits per heavy atom. The summed E-state index contributed by atoms with van der Waals surface area (Å²) < 4.78 is 48.9. The summed E-state index contributed by atoms with van der Waals surface area (Å²) >= 11 is 0. The van der Waals surface area contributed by atoms with Gasteiger partial charge in [-0.2, -0.15) is 0 Å². The molecule has 8 nitrogen and oxygen atoms in total. The van der Waals surface area contributed by atoms with Crippen molar-refractivity contribution in [2.24, 2.45) is 5.92 Å². The van der Waals surface area contributed by atoms with E-state index < -0.39 is 34.3 Å². The Labute approximate surface area is 270 Å². The highest BCUT2D eigenvalue weighted by molar-refractivity contribution is 7.92. The zero-order valence-electron chi connectivity index (χ0n) is 26.5. The van der Waals surface area contributed by atoms with E-state index in [1.54, 1.807) is 48.5 Å². The largest absolute Gasteiger partial charge is 0.495 e. The Balaban J connectivity index is 1.83. The number of sulfonamides is 1. The third-order valence-electron chi connectivity index (χ3n) is 7.43. The number of nitrogens with one attached hydrogen (secondary N) is 1. The van der Waals surface area contributed by atoms with E-state index in [0.29, 0.717) is 12.1 Å². The molecule has 10 heteroatoms. The minimum Gasteiger partial charge on any atom is -0.495 e. The maximum Gasteiger partial charge on any atom is 0.264 e. The number of methoxy groups -OCH3 is 1. The Morgan fingerprint density at radius 2 is 1.50 bits per heavy atom. The molecule has 0 fully saturated rings. The molecular weight excluding hydrogens is 605 g/mol. The molecule has 4 aromatic rings. The topological polar surface area (TPSA) is 96.0 Å². The lowest BCUT2D eigenvalue weighted by atomic mass is 10.0. The number of rotatable bonds is 14. The molecule has 0 spiro atoms. The second-order valence-electron chi connectivity index (χ2n) is 11.5. The minimum atomic E-state index is -4.28. The summed E-state index contributed by atoms with van der Waals surface area (Å²) in [6, 6.07) is 26.9. The zero-order chi connectivity index (χ0) is 33.3. The van der Waals surface area contributed by atoms with E-state index >= 15 is 0 Å². The number of halogens is 1. The fourth-order valence-electron chi connectivity index (χ4n) is 4.99. The minimum absolute atomic E-state index is 0.00745. The van der Waals surface area contributed by atoms with E-state index in [4.69, 9.17) is 4.74 Å². The van der Waals surface area contributed by atoms with E-state index in [-0.39, 0.29) is 41.1 Å². The summed E-state index contributed by atoms with van der Waals surface area (Å²) in [5.41, 5.74) is 2.34. The van der Waals surface area contributed by atoms with Gasteiger partial charge in [-0.1, -0.05) is 80.6 Å². The molecule has 4 aromatic carbocycles. The molecule has 1 N–H and O–H groups in total. The highest BCUT2D eigenvalue weighted by atomic mass is 32.2. The first-order valence-corrected chi connectivity index (χ1v) is 16.5. The lowest BCUT2D eigenvalue weighted by molar-refractivity contribution is -0.140. The number of nitrogens with zero attached hydrogens (tertiary/aromatic N) is 2. The molecule has 0 aromatic heterocycles. The molecule has 0 saturated heterocycles. The van der Waals surface area contributed by atoms with Crippen LogP contribution in [0.1, 0.15) is 30.5 Å². The summed E-state index contributed by atoms with van der Waals surface area (Å²) in [7, 11) is -2.85. The monoisotopic (exact) mass is 645 g/mol. The second-order valence-corrected chi connectivity index (χ2v) is 13.4. The van der Waals surface area contributed by atoms with Gasteiger partial charge in [-0.15, -0.1) is 0 Å². The van der Waals surface area contributed by atoms with Crippen molar-refractivity contribution in [3.8, 4) is 5.75 Å². The number of carbonyl (C=O) groups excluding carboxylic acids is 2. The molecule has 0 aliphatic heterocycles. The fourth-order valence-corrected chi connectivity index (χ4v) is 6.43. The van der Waals surface area contributed by atoms with Gasteiger partial charge in [0.1, 0.15) is 24.2 Å². The molecule has 242 valence electrons. The number of amides is 2. The molecule has 0 aliphatic rings. The van der Waals surface area contributed by atoms with Crippen LogP contribution in [0.4, 0.5) is 10.1 Å². The predicted molar refractivity (Wildman–Crippen MR) is 177 cm³/mol. The normalized spacial score (nSPS) is 12.0. The van der Waals surface area contributed by atoms with Crippen LogP contribution in [0, 0.1) is 18.7 Å². The smallest absolute Gasteiger partial charge is 0.264 e. The van der Waals surface area contributed by atoms with Gasteiger partial charge in [0, 0.05) is 19.5 Å². The molecule has 1 atom stereocenters. The average Bonchev–Trinajstić information content (AvgIpc) is 3.05. The number of anilines is 1. The van der Waals surface area contributed by atoms with E-state index in [9.17, 15) is 22.4 Å². The summed E-state index contributed by atoms with van der Waals surface area (Å²) in [6.07, 6.45) is 0.177. The predicted octanol–water partition coefficient (Wildman–Crippen LogP) is 5.75. The second kappa shape index (κ2) is 15.5. The standard InChI is InChI=1S/C36H40FN3O5S/c1-26(2)23-38-36(42)33(22-28-11-7-5-8-12-28)39(24-29-16-18-30(37)19-17-29)35(41)25-40(32-21-27(3)15-20-34(32)45-4)46(43,44)31-13-9-6-10-14-31/h5-21,26,33H,22-25H2,1-4H3,(H,38,42)/t33-/m1/s1. The lowest BCUT2D eigenvalue weighted by Gasteiger charge is -2.34. The van der Waals surface area contributed by atoms with Crippen molar-refractivity contribution in [1.82, 2.24) is 10.2 Å². The van der Waals surface area contributed by atoms with Crippen LogP contribution in [-0.4, -0.2) is 51.4 Å². The molecule has 0 unspecified atom stereocenters. The first kappa shape index (κ1) is 34.2. The van der Waals surface area contributed by atoms with Crippen molar-refractivity contribution >= 4 is 27.5 Å². The van der Waals surface area contributed by atoms with Crippen molar-refractivity contribution < 1.29 is 27.1 Å². The number of hydrogen-bond donors (Lipinski definition) is 1. The third-order valence-corrected chi connectivity index (χ3v) is 9.21. The van der Waals surface area contributed by atoms with Gasteiger partial charge in [0.25, 0.3) is 10.0 Å². The quantitative estimate of drug-likeness (QED) is 0.189. The Bertz CT molecular complexity index is 1720. The summed E-state index contributed by atoms with van der Waals surface area (Å²) in [5.74, 6) is -1.02. The van der Waals surface area contributed by atoms with Crippen LogP contribution in [0.25, 0.3) is 0 Å². The molecule has 0 radical (unpaired) electrons. The Kier molecular flexibility index (Phi) is 11.5. The van der Waals surface area contributed by atoms with E-state index in [1.165, 1.54) is 36.3 Å². The van der Waals surface area contributed by atoms with Gasteiger partial charge in [0.05, 0.1) is 17.7 Å². The highest BCUT2D eigenvalue weighted by Crippen LogP contribution is 2.34. The van der Waals surface area contributed by atoms with Crippen molar-refractivity contribution in [3.05, 3.63) is 126 Å². The zero-order valence-corrected chi connectivity index (χ0v) is 27.3. The SMILES string of the molecule is COc1ccc(C)cc1N(CC(=O)N(Cc1ccc(F)cc1)[C@H](Cc1ccccc1)C(=O)NCC(C)C)S(=O)(=O)c1ccccc1. The van der Waals surface area contributed by atoms with Crippen molar-refractivity contribution in [3.63, 3.8) is 0 Å². The lowest BCUT2D eigenvalue weighted by Crippen LogP contribution is -2.53. The number of aryl methyl sites for hydroxylation is 1. The molecule has 4 rings (SSSR count). The van der Waals surface area contributed by atoms with Gasteiger partial charge in [0.15, 0.2) is 0 Å². The number of hydrogen-bond acceptors (Lipinski definition) is 5. The van der Waals surface area contributed by atoms with Crippen LogP contribution in [0.3, 0.4) is 0 Å². The van der Waals surface area contributed by atoms with Crippen molar-refractivity contribution in [2.45, 2.75) is 44.7 Å². The fraction of sp³-hybridized carbons (Fsp3) is 0.278. The van der Waals surface area contributed by atoms with Crippen molar-refractivity contribution in [1.29, 1.82) is 0 Å². The average molecular weight is 646 g/mol. The molecule has 2 amide bonds. The van der Waals surface area contributed by atoms with Crippen LogP contribution < -0.4 is 14.4 Å². The van der Waals surface area contributed by atoms with E-state index in [0.717, 1.165) is 15.4 Å². The summed E-state index contributed by atoms with van der Waals surface area (Å²) in [4.78, 5) is 29.8. The summed E-state index contributed by atoms with van der Waals surface area (Å²) in [5, 5.41) is 2.95. The van der Waals surface area contributed by atoms with E-state index in [1.807, 2.05) is 51.1 Å². The number of benzene rings is 4. The van der Waals surface area contributed by atoms with Gasteiger partial charge in [-0.25, -0.2) is 12.8 Å². The molecule has 0 bridgehead atoms. The first-order chi connectivity index (χ1) is 22.0. The van der Waals surface area contributed by atoms with Gasteiger partial charge >= 0.3 is 0 Å². The molecule has 46 heavy (non-hydrogen) atoms. The third kappa shape index (κ3) is 8.72. The Morgan fingerprint density at radius 3 is 2.11 bits per heavy atom. The van der Waals surface area contributed by atoms with Gasteiger partial charge < -0.3 is 15.0 Å². The molecule has 0 heterocycles. The van der Waals surface area contributed by atoms with Gasteiger partial charge in [-0.05, 0) is 65.9 Å². The van der Waals surface area contributed by atoms with Gasteiger partial charge in [0.2, 0.25) is 11.8 Å². The number of carbonyl (C=O) groups is 2. The van der Waals surface area contributed by atoms with Crippen LogP contribution in [-0.2, 0) is 32.6 Å². The maximum atomic E-state index is 14.6.